The van der Waals surface area contributed by atoms with Crippen molar-refractivity contribution in [1.29, 1.82) is 0 Å². The first-order valence-electron chi connectivity index (χ1n) is 11.9. The topological polar surface area (TPSA) is 135 Å². The number of benzene rings is 2. The molecule has 2 aromatic rings. The van der Waals surface area contributed by atoms with Gasteiger partial charge in [-0.05, 0) is 55.4 Å². The number of hydrogen-bond acceptors (Lipinski definition) is 9. The minimum absolute atomic E-state index is 0.116. The summed E-state index contributed by atoms with van der Waals surface area (Å²) in [6.07, 6.45) is 2.77. The molecule has 202 valence electrons. The van der Waals surface area contributed by atoms with Crippen LogP contribution in [0.15, 0.2) is 36.4 Å². The Kier molecular flexibility index (Phi) is 9.70. The van der Waals surface area contributed by atoms with E-state index in [-0.39, 0.29) is 24.4 Å². The van der Waals surface area contributed by atoms with Gasteiger partial charge in [0.05, 0.1) is 38.6 Å². The molecule has 0 aromatic heterocycles. The summed E-state index contributed by atoms with van der Waals surface area (Å²) in [7, 11) is 0.695. The zero-order chi connectivity index (χ0) is 27.0. The Hall–Kier alpha value is -3.38. The largest absolute Gasteiger partial charge is 0.493 e. The van der Waals surface area contributed by atoms with E-state index in [2.05, 4.69) is 0 Å². The summed E-state index contributed by atoms with van der Waals surface area (Å²) in [5.74, 6) is 0.525. The van der Waals surface area contributed by atoms with Gasteiger partial charge in [0.15, 0.2) is 11.5 Å². The summed E-state index contributed by atoms with van der Waals surface area (Å²) in [5.41, 5.74) is 1.01. The van der Waals surface area contributed by atoms with E-state index in [1.165, 1.54) is 49.9 Å². The zero-order valence-corrected chi connectivity index (χ0v) is 22.0. The number of carbonyl (C=O) groups excluding carboxylic acids is 1. The maximum absolute atomic E-state index is 13.2. The van der Waals surface area contributed by atoms with Gasteiger partial charge in [-0.15, -0.1) is 0 Å². The van der Waals surface area contributed by atoms with Crippen molar-refractivity contribution in [3.8, 4) is 17.2 Å². The second-order valence-corrected chi connectivity index (χ2v) is 10.5. The Bertz CT molecular complexity index is 1190. The van der Waals surface area contributed by atoms with Gasteiger partial charge < -0.3 is 18.9 Å². The summed E-state index contributed by atoms with van der Waals surface area (Å²) in [5, 5.41) is 11.0. The van der Waals surface area contributed by atoms with Gasteiger partial charge in [0.1, 0.15) is 6.04 Å². The van der Waals surface area contributed by atoms with Gasteiger partial charge in [0, 0.05) is 18.7 Å². The Morgan fingerprint density at radius 1 is 1.05 bits per heavy atom. The second-order valence-electron chi connectivity index (χ2n) is 8.61. The number of nitro benzene ring substituents is 1. The number of carbonyl (C=O) groups is 1. The van der Waals surface area contributed by atoms with Crippen LogP contribution >= 0.6 is 0 Å². The minimum atomic E-state index is -3.90. The molecule has 1 unspecified atom stereocenters. The van der Waals surface area contributed by atoms with Crippen LogP contribution in [-0.4, -0.2) is 64.1 Å². The van der Waals surface area contributed by atoms with Gasteiger partial charge >= 0.3 is 5.97 Å². The van der Waals surface area contributed by atoms with Crippen molar-refractivity contribution < 1.29 is 37.1 Å². The lowest BCUT2D eigenvalue weighted by Crippen LogP contribution is -2.49. The zero-order valence-electron chi connectivity index (χ0n) is 21.2. The Balaban J connectivity index is 1.61. The van der Waals surface area contributed by atoms with Crippen molar-refractivity contribution in [2.75, 3.05) is 34.5 Å². The summed E-state index contributed by atoms with van der Waals surface area (Å²) in [6.45, 7) is 0.313. The first-order valence-corrected chi connectivity index (χ1v) is 13.5. The molecule has 0 aliphatic carbocycles. The molecule has 0 spiro atoms. The molecule has 1 fully saturated rings. The van der Waals surface area contributed by atoms with Gasteiger partial charge in [-0.25, -0.2) is 8.42 Å². The van der Waals surface area contributed by atoms with Crippen molar-refractivity contribution >= 4 is 21.7 Å². The molecule has 1 heterocycles. The lowest BCUT2D eigenvalue weighted by Gasteiger charge is -2.33. The molecule has 1 aliphatic rings. The number of aryl methyl sites for hydroxylation is 1. The molecule has 0 bridgehead atoms. The van der Waals surface area contributed by atoms with Crippen LogP contribution in [0, 0.1) is 10.1 Å². The number of sulfonamides is 1. The SMILES string of the molecule is COc1cc(CCCOC(=O)C2CCCCN2S(=O)(=O)Cc2cccc([N+](=O)[O-])c2)cc(OC)c1OC. The molecule has 0 saturated carbocycles. The quantitative estimate of drug-likeness (QED) is 0.173. The summed E-state index contributed by atoms with van der Waals surface area (Å²) in [6, 6.07) is 8.23. The smallest absolute Gasteiger partial charge is 0.324 e. The van der Waals surface area contributed by atoms with E-state index >= 15 is 0 Å². The highest BCUT2D eigenvalue weighted by Gasteiger charge is 2.37. The minimum Gasteiger partial charge on any atom is -0.493 e. The van der Waals surface area contributed by atoms with Crippen molar-refractivity contribution in [2.45, 2.75) is 43.9 Å². The van der Waals surface area contributed by atoms with Crippen LogP contribution < -0.4 is 14.2 Å². The molecule has 11 nitrogen and oxygen atoms in total. The van der Waals surface area contributed by atoms with Gasteiger partial charge in [-0.2, -0.15) is 4.31 Å². The number of rotatable bonds is 12. The van der Waals surface area contributed by atoms with Gasteiger partial charge in [-0.1, -0.05) is 12.1 Å². The van der Waals surface area contributed by atoms with Crippen molar-refractivity contribution in [1.82, 2.24) is 4.31 Å². The van der Waals surface area contributed by atoms with E-state index in [1.54, 1.807) is 0 Å². The van der Waals surface area contributed by atoms with E-state index in [1.807, 2.05) is 12.1 Å². The third-order valence-electron chi connectivity index (χ3n) is 6.13. The van der Waals surface area contributed by atoms with Crippen molar-refractivity contribution in [3.05, 3.63) is 57.6 Å². The monoisotopic (exact) mass is 536 g/mol. The van der Waals surface area contributed by atoms with Crippen LogP contribution in [0.2, 0.25) is 0 Å². The number of non-ortho nitro benzene ring substituents is 1. The average Bonchev–Trinajstić information content (AvgIpc) is 2.90. The van der Waals surface area contributed by atoms with Crippen molar-refractivity contribution in [3.63, 3.8) is 0 Å². The molecule has 37 heavy (non-hydrogen) atoms. The van der Waals surface area contributed by atoms with Crippen LogP contribution in [0.25, 0.3) is 0 Å². The fraction of sp³-hybridized carbons (Fsp3) is 0.480. The van der Waals surface area contributed by atoms with Crippen LogP contribution in [0.4, 0.5) is 5.69 Å². The molecular weight excluding hydrogens is 504 g/mol. The average molecular weight is 537 g/mol. The normalized spacial score (nSPS) is 16.1. The van der Waals surface area contributed by atoms with Gasteiger partial charge in [-0.3, -0.25) is 14.9 Å². The maximum Gasteiger partial charge on any atom is 0.324 e. The Labute approximate surface area is 216 Å². The molecular formula is C25H32N2O9S. The first-order chi connectivity index (χ1) is 17.7. The summed E-state index contributed by atoms with van der Waals surface area (Å²) in [4.78, 5) is 23.3. The molecule has 1 atom stereocenters. The molecule has 1 aliphatic heterocycles. The number of nitro groups is 1. The van der Waals surface area contributed by atoms with E-state index in [4.69, 9.17) is 18.9 Å². The lowest BCUT2D eigenvalue weighted by atomic mass is 10.1. The van der Waals surface area contributed by atoms with Gasteiger partial charge in [0.2, 0.25) is 15.8 Å². The Morgan fingerprint density at radius 2 is 1.76 bits per heavy atom. The first kappa shape index (κ1) is 28.2. The number of hydrogen-bond donors (Lipinski definition) is 0. The lowest BCUT2D eigenvalue weighted by molar-refractivity contribution is -0.384. The van der Waals surface area contributed by atoms with E-state index in [0.29, 0.717) is 49.4 Å². The number of piperidine rings is 1. The van der Waals surface area contributed by atoms with Crippen molar-refractivity contribution in [2.24, 2.45) is 0 Å². The van der Waals surface area contributed by atoms with Crippen LogP contribution in [0.1, 0.15) is 36.8 Å². The molecule has 0 N–H and O–H groups in total. The summed E-state index contributed by atoms with van der Waals surface area (Å²) < 4.78 is 49.0. The van der Waals surface area contributed by atoms with Crippen LogP contribution in [0.3, 0.4) is 0 Å². The maximum atomic E-state index is 13.2. The Morgan fingerprint density at radius 3 is 2.38 bits per heavy atom. The number of ether oxygens (including phenoxy) is 4. The second kappa shape index (κ2) is 12.7. The molecule has 0 amide bonds. The number of nitrogens with zero attached hydrogens (tertiary/aromatic N) is 2. The number of methoxy groups -OCH3 is 3. The standard InChI is InChI=1S/C25H32N2O9S/c1-33-22-15-18(16-23(34-2)24(22)35-3)9-7-13-36-25(28)21-11-4-5-12-26(21)37(31,32)17-19-8-6-10-20(14-19)27(29)30/h6,8,10,14-16,21H,4-5,7,9,11-13,17H2,1-3H3. The number of esters is 1. The predicted octanol–water partition coefficient (Wildman–Crippen LogP) is 3.48. The van der Waals surface area contributed by atoms with Crippen LogP contribution in [0.5, 0.6) is 17.2 Å². The fourth-order valence-electron chi connectivity index (χ4n) is 4.35. The van der Waals surface area contributed by atoms with E-state index < -0.39 is 32.7 Å². The molecule has 1 saturated heterocycles. The molecule has 2 aromatic carbocycles. The third-order valence-corrected chi connectivity index (χ3v) is 7.98. The molecule has 12 heteroatoms. The predicted molar refractivity (Wildman–Crippen MR) is 135 cm³/mol. The van der Waals surface area contributed by atoms with E-state index in [0.717, 1.165) is 5.56 Å². The fourth-order valence-corrected chi connectivity index (χ4v) is 6.10. The summed E-state index contributed by atoms with van der Waals surface area (Å²) >= 11 is 0. The highest BCUT2D eigenvalue weighted by atomic mass is 32.2. The van der Waals surface area contributed by atoms with E-state index in [9.17, 15) is 23.3 Å². The van der Waals surface area contributed by atoms with Crippen LogP contribution in [-0.2, 0) is 31.7 Å². The third kappa shape index (κ3) is 7.10. The highest BCUT2D eigenvalue weighted by molar-refractivity contribution is 7.88. The molecule has 0 radical (unpaired) electrons. The highest BCUT2D eigenvalue weighted by Crippen LogP contribution is 2.38. The van der Waals surface area contributed by atoms with Gasteiger partial charge in [0.25, 0.3) is 5.69 Å². The molecule has 3 rings (SSSR count).